The molecule has 3 unspecified atom stereocenters. The van der Waals surface area contributed by atoms with Crippen LogP contribution in [-0.2, 0) is 9.47 Å². The van der Waals surface area contributed by atoms with Gasteiger partial charge >= 0.3 is 0 Å². The molecule has 0 N–H and O–H groups in total. The van der Waals surface area contributed by atoms with Crippen molar-refractivity contribution in [1.29, 1.82) is 0 Å². The van der Waals surface area contributed by atoms with Crippen molar-refractivity contribution in [2.24, 2.45) is 52.8 Å². The molecule has 37 heavy (non-hydrogen) atoms. The zero-order valence-electron chi connectivity index (χ0n) is 27.0. The van der Waals surface area contributed by atoms with Gasteiger partial charge in [0, 0.05) is 23.5 Å². The van der Waals surface area contributed by atoms with Crippen LogP contribution in [0.3, 0.4) is 0 Å². The van der Waals surface area contributed by atoms with E-state index in [9.17, 15) is 0 Å². The lowest BCUT2D eigenvalue weighted by Gasteiger charge is -2.50. The van der Waals surface area contributed by atoms with E-state index >= 15 is 0 Å². The van der Waals surface area contributed by atoms with Gasteiger partial charge in [0.25, 0.3) is 0 Å². The Morgan fingerprint density at radius 1 is 0.703 bits per heavy atom. The van der Waals surface area contributed by atoms with Crippen molar-refractivity contribution in [1.82, 2.24) is 0 Å². The first-order valence-electron chi connectivity index (χ1n) is 16.0. The summed E-state index contributed by atoms with van der Waals surface area (Å²) >= 11 is 7.53. The van der Waals surface area contributed by atoms with Gasteiger partial charge in [-0.05, 0) is 98.7 Å². The minimum Gasteiger partial charge on any atom is -0.381 e. The molecule has 0 aromatic carbocycles. The fourth-order valence-corrected chi connectivity index (χ4v) is 7.62. The molecule has 0 radical (unpaired) electrons. The fraction of sp³-hybridized carbons (Fsp3) is 1.00. The Bertz CT molecular complexity index is 556. The number of alkyl halides is 1. The molecule has 0 aromatic heterocycles. The van der Waals surface area contributed by atoms with E-state index in [-0.39, 0.29) is 10.3 Å². The van der Waals surface area contributed by atoms with Crippen LogP contribution in [0.4, 0.5) is 0 Å². The maximum Gasteiger partial charge on any atom is 0.0547 e. The van der Waals surface area contributed by atoms with Crippen LogP contribution in [0.15, 0.2) is 0 Å². The minimum atomic E-state index is -0.142. The van der Waals surface area contributed by atoms with Crippen LogP contribution in [-0.4, -0.2) is 31.3 Å². The van der Waals surface area contributed by atoms with E-state index in [0.717, 1.165) is 76.8 Å². The first kappa shape index (κ1) is 35.2. The monoisotopic (exact) mass is 542 g/mol. The Labute approximate surface area is 238 Å². The molecule has 1 fully saturated rings. The maximum absolute atomic E-state index is 7.53. The molecule has 0 spiro atoms. The van der Waals surface area contributed by atoms with Crippen LogP contribution in [0.5, 0.6) is 0 Å². The number of hydrogen-bond donors (Lipinski definition) is 0. The second kappa shape index (κ2) is 17.1. The summed E-state index contributed by atoms with van der Waals surface area (Å²) < 4.78 is 13.2. The van der Waals surface area contributed by atoms with Gasteiger partial charge in [-0.25, -0.2) is 0 Å². The van der Waals surface area contributed by atoms with Crippen molar-refractivity contribution in [2.45, 2.75) is 139 Å². The Morgan fingerprint density at radius 2 is 1.19 bits per heavy atom. The van der Waals surface area contributed by atoms with Gasteiger partial charge in [-0.2, -0.15) is 0 Å². The molecule has 1 aliphatic rings. The summed E-state index contributed by atoms with van der Waals surface area (Å²) in [6.07, 6.45) is 10.6. The highest BCUT2D eigenvalue weighted by molar-refractivity contribution is 6.23. The van der Waals surface area contributed by atoms with Crippen molar-refractivity contribution in [3.05, 3.63) is 0 Å². The molecular weight excluding hydrogens is 476 g/mol. The predicted octanol–water partition coefficient (Wildman–Crippen LogP) is 10.7. The lowest BCUT2D eigenvalue weighted by atomic mass is 9.57. The molecule has 0 amide bonds. The molecule has 0 heterocycles. The summed E-state index contributed by atoms with van der Waals surface area (Å²) in [5.74, 6) is 5.38. The quantitative estimate of drug-likeness (QED) is 0.119. The maximum atomic E-state index is 7.53. The highest BCUT2D eigenvalue weighted by Crippen LogP contribution is 2.51. The van der Waals surface area contributed by atoms with E-state index < -0.39 is 0 Å². The molecule has 0 bridgehead atoms. The molecule has 2 nitrogen and oxygen atoms in total. The summed E-state index contributed by atoms with van der Waals surface area (Å²) in [4.78, 5) is -0.142. The third kappa shape index (κ3) is 13.4. The first-order valence-corrected chi connectivity index (χ1v) is 16.4. The van der Waals surface area contributed by atoms with Gasteiger partial charge in [0.1, 0.15) is 0 Å². The highest BCUT2D eigenvalue weighted by Gasteiger charge is 2.47. The van der Waals surface area contributed by atoms with E-state index in [1.54, 1.807) is 0 Å². The molecule has 0 aliphatic heterocycles. The van der Waals surface area contributed by atoms with Crippen LogP contribution >= 0.6 is 11.6 Å². The van der Waals surface area contributed by atoms with E-state index in [1.807, 2.05) is 0 Å². The van der Waals surface area contributed by atoms with Gasteiger partial charge in [0.05, 0.1) is 13.2 Å². The van der Waals surface area contributed by atoms with E-state index in [1.165, 1.54) is 19.3 Å². The van der Waals surface area contributed by atoms with Gasteiger partial charge in [-0.1, -0.05) is 82.6 Å². The molecule has 0 saturated heterocycles. The number of halogens is 1. The summed E-state index contributed by atoms with van der Waals surface area (Å²) in [7, 11) is 0. The van der Waals surface area contributed by atoms with Crippen molar-refractivity contribution in [3.63, 3.8) is 0 Å². The van der Waals surface area contributed by atoms with E-state index in [2.05, 4.69) is 76.2 Å². The number of hydrogen-bond acceptors (Lipinski definition) is 2. The molecular formula is C34H67ClO2. The fourth-order valence-electron chi connectivity index (χ4n) is 6.90. The Hall–Kier alpha value is 0.210. The van der Waals surface area contributed by atoms with Crippen molar-refractivity contribution < 1.29 is 9.47 Å². The first-order chi connectivity index (χ1) is 17.2. The number of rotatable bonds is 19. The predicted molar refractivity (Wildman–Crippen MR) is 165 cm³/mol. The summed E-state index contributed by atoms with van der Waals surface area (Å²) in [6, 6.07) is 0. The molecule has 0 aromatic rings. The second-order valence-electron chi connectivity index (χ2n) is 15.1. The van der Waals surface area contributed by atoms with Crippen LogP contribution in [0, 0.1) is 52.8 Å². The summed E-state index contributed by atoms with van der Waals surface area (Å²) in [5.41, 5.74) is 0.0334. The smallest absolute Gasteiger partial charge is 0.0547 e. The average Bonchev–Trinajstić information content (AvgIpc) is 2.75. The number of ether oxygens (including phenoxy) is 2. The molecule has 222 valence electrons. The largest absolute Gasteiger partial charge is 0.381 e. The Morgan fingerprint density at radius 3 is 1.59 bits per heavy atom. The van der Waals surface area contributed by atoms with Crippen LogP contribution in [0.1, 0.15) is 134 Å². The van der Waals surface area contributed by atoms with Gasteiger partial charge in [0.2, 0.25) is 0 Å². The van der Waals surface area contributed by atoms with E-state index in [4.69, 9.17) is 21.1 Å². The van der Waals surface area contributed by atoms with Crippen molar-refractivity contribution >= 4 is 11.6 Å². The standard InChI is InChI=1S/C34H67ClO2/c1-25(2)14-18-36-23-33(24-37-19-15-26(3)4,32-20-30(11)12-13-31(32)29(9)10)16-17-34(35,21-27(5)6)22-28(7)8/h25-32H,12-24H2,1-11H3. The Balaban J connectivity index is 3.36. The van der Waals surface area contributed by atoms with Gasteiger partial charge in [0.15, 0.2) is 0 Å². The lowest BCUT2D eigenvalue weighted by molar-refractivity contribution is -0.101. The normalized spacial score (nSPS) is 21.8. The third-order valence-electron chi connectivity index (χ3n) is 8.89. The zero-order valence-corrected chi connectivity index (χ0v) is 27.8. The second-order valence-corrected chi connectivity index (χ2v) is 15.9. The van der Waals surface area contributed by atoms with Gasteiger partial charge in [-0.3, -0.25) is 0 Å². The van der Waals surface area contributed by atoms with Gasteiger partial charge in [-0.15, -0.1) is 11.6 Å². The third-order valence-corrected chi connectivity index (χ3v) is 9.38. The summed E-state index contributed by atoms with van der Waals surface area (Å²) in [6.45, 7) is 29.2. The molecule has 1 aliphatic carbocycles. The van der Waals surface area contributed by atoms with E-state index in [0.29, 0.717) is 35.5 Å². The zero-order chi connectivity index (χ0) is 28.2. The molecule has 1 saturated carbocycles. The highest BCUT2D eigenvalue weighted by atomic mass is 35.5. The molecule has 3 atom stereocenters. The molecule has 1 rings (SSSR count). The minimum absolute atomic E-state index is 0.0334. The van der Waals surface area contributed by atoms with Gasteiger partial charge < -0.3 is 9.47 Å². The van der Waals surface area contributed by atoms with Crippen molar-refractivity contribution in [2.75, 3.05) is 26.4 Å². The van der Waals surface area contributed by atoms with Crippen LogP contribution in [0.25, 0.3) is 0 Å². The van der Waals surface area contributed by atoms with Crippen LogP contribution in [0.2, 0.25) is 0 Å². The van der Waals surface area contributed by atoms with Crippen molar-refractivity contribution in [3.8, 4) is 0 Å². The summed E-state index contributed by atoms with van der Waals surface area (Å²) in [5, 5.41) is 0. The lowest BCUT2D eigenvalue weighted by Crippen LogP contribution is -2.48. The SMILES string of the molecule is CC(C)CCOCC(CCC(Cl)(CC(C)C)CC(C)C)(COCCC(C)C)C1CC(C)CCC1C(C)C. The molecule has 3 heteroatoms. The topological polar surface area (TPSA) is 18.5 Å². The average molecular weight is 543 g/mol. The Kier molecular flexibility index (Phi) is 16.3. The van der Waals surface area contributed by atoms with Crippen LogP contribution < -0.4 is 0 Å².